The molecule has 10 nitrogen and oxygen atoms in total. The second-order valence-electron chi connectivity index (χ2n) is 13.7. The number of nitrogens with zero attached hydrogens (tertiary/aromatic N) is 5. The summed E-state index contributed by atoms with van der Waals surface area (Å²) in [7, 11) is 1.44. The van der Waals surface area contributed by atoms with Crippen LogP contribution in [-0.2, 0) is 10.9 Å². The molecule has 4 aromatic rings. The van der Waals surface area contributed by atoms with Gasteiger partial charge in [0.25, 0.3) is 0 Å². The number of hydrogen-bond acceptors (Lipinski definition) is 10. The van der Waals surface area contributed by atoms with Crippen LogP contribution in [0.2, 0.25) is 0 Å². The summed E-state index contributed by atoms with van der Waals surface area (Å²) in [6.07, 6.45) is -5.59. The maximum Gasteiger partial charge on any atom is 0.417 e. The van der Waals surface area contributed by atoms with Gasteiger partial charge in [0.2, 0.25) is 0 Å². The zero-order chi connectivity index (χ0) is 37.0. The van der Waals surface area contributed by atoms with Gasteiger partial charge in [-0.3, -0.25) is 10.2 Å². The molecule has 51 heavy (non-hydrogen) atoms. The third-order valence-corrected chi connectivity index (χ3v) is 10.1. The molecule has 2 N–H and O–H groups in total. The first-order valence-electron chi connectivity index (χ1n) is 16.1. The number of alkyl halides is 4. The smallest absolute Gasteiger partial charge is 0.417 e. The van der Waals surface area contributed by atoms with E-state index in [1.807, 2.05) is 11.0 Å². The Morgan fingerprint density at radius 1 is 1.25 bits per heavy atom. The topological polar surface area (TPSA) is 124 Å². The zero-order valence-corrected chi connectivity index (χ0v) is 28.9. The summed E-state index contributed by atoms with van der Waals surface area (Å²) in [5.41, 5.74) is -5.52. The number of halogens is 6. The average Bonchev–Trinajstić information content (AvgIpc) is 3.69. The summed E-state index contributed by atoms with van der Waals surface area (Å²) in [6.45, 7) is 5.11. The molecule has 4 heterocycles. The Bertz CT molecular complexity index is 2060. The van der Waals surface area contributed by atoms with Gasteiger partial charge in [-0.25, -0.2) is 18.0 Å². The zero-order valence-electron chi connectivity index (χ0n) is 28.1. The highest BCUT2D eigenvalue weighted by Crippen LogP contribution is 2.49. The minimum atomic E-state index is -5.18. The molecule has 2 fully saturated rings. The van der Waals surface area contributed by atoms with Crippen LogP contribution in [0.5, 0.6) is 6.01 Å². The number of carbonyl (C=O) groups is 1. The van der Waals surface area contributed by atoms with Crippen molar-refractivity contribution in [2.24, 2.45) is 0 Å². The summed E-state index contributed by atoms with van der Waals surface area (Å²) in [5, 5.41) is 21.2. The first-order valence-corrected chi connectivity index (χ1v) is 16.9. The van der Waals surface area contributed by atoms with Crippen LogP contribution in [0, 0.1) is 23.0 Å². The van der Waals surface area contributed by atoms with Crippen molar-refractivity contribution < 1.29 is 45.7 Å². The number of amides is 1. The first kappa shape index (κ1) is 36.4. The van der Waals surface area contributed by atoms with E-state index in [1.165, 1.54) is 11.9 Å². The summed E-state index contributed by atoms with van der Waals surface area (Å²) < 4.78 is 102. The van der Waals surface area contributed by atoms with Gasteiger partial charge in [0, 0.05) is 42.9 Å². The lowest BCUT2D eigenvalue weighted by molar-refractivity contribution is -0.137. The Morgan fingerprint density at radius 3 is 2.67 bits per heavy atom. The van der Waals surface area contributed by atoms with Crippen LogP contribution < -0.4 is 15.0 Å². The molecule has 0 saturated carbocycles. The molecule has 0 unspecified atom stereocenters. The highest BCUT2D eigenvalue weighted by molar-refractivity contribution is 7.23. The quantitative estimate of drug-likeness (QED) is 0.178. The molecule has 0 bridgehead atoms. The number of ether oxygens (including phenoxy) is 2. The summed E-state index contributed by atoms with van der Waals surface area (Å²) in [6, 6.07) is 3.87. The molecular formula is C34H34F6N6O4S. The molecule has 1 amide bonds. The molecular weight excluding hydrogens is 702 g/mol. The van der Waals surface area contributed by atoms with Gasteiger partial charge in [0.05, 0.1) is 28.0 Å². The lowest BCUT2D eigenvalue weighted by Crippen LogP contribution is -2.43. The van der Waals surface area contributed by atoms with E-state index in [4.69, 9.17) is 9.47 Å². The molecule has 2 saturated heterocycles. The Balaban J connectivity index is 1.56. The fourth-order valence-corrected chi connectivity index (χ4v) is 7.98. The van der Waals surface area contributed by atoms with Crippen molar-refractivity contribution in [2.45, 2.75) is 63.5 Å². The number of carbonyl (C=O) groups excluding carboxylic acids is 1. The van der Waals surface area contributed by atoms with Crippen molar-refractivity contribution in [3.8, 4) is 23.2 Å². The number of aromatic nitrogens is 2. The molecule has 2 aromatic heterocycles. The number of thiophene rings is 1. The number of hydrogen-bond donors (Lipinski definition) is 2. The number of benzene rings is 2. The maximum atomic E-state index is 17.0. The standard InChI is InChI=1S/C34H34F6N6O4S/c1-32(2,3)50-31(48)44-29-20(14-41)23-18(6-7-22(36)27(23)51-29)24-21(34(38,39)40)12-19-26(25(24)37)42-30(43-28(19)45(4)10-11-47)49-16-33-8-5-9-46(33)15-17(35)13-33/h6-7,12,17,47H,5,8-11,13,15-16H2,1-4H3,(H,44,48)/t17-,33+/m1/s1. The number of nitrogens with one attached hydrogen (secondary N) is 1. The van der Waals surface area contributed by atoms with E-state index >= 15 is 8.78 Å². The molecule has 6 rings (SSSR count). The van der Waals surface area contributed by atoms with Gasteiger partial charge in [0.1, 0.15) is 46.6 Å². The van der Waals surface area contributed by atoms with Gasteiger partial charge in [-0.2, -0.15) is 28.4 Å². The van der Waals surface area contributed by atoms with Crippen LogP contribution in [0.25, 0.3) is 32.1 Å². The van der Waals surface area contributed by atoms with E-state index in [2.05, 4.69) is 15.3 Å². The molecule has 0 aliphatic carbocycles. The van der Waals surface area contributed by atoms with Crippen molar-refractivity contribution in [3.05, 3.63) is 41.0 Å². The van der Waals surface area contributed by atoms with E-state index in [0.29, 0.717) is 30.4 Å². The van der Waals surface area contributed by atoms with E-state index in [0.717, 1.165) is 18.6 Å². The van der Waals surface area contributed by atoms with E-state index in [9.17, 15) is 32.7 Å². The fraction of sp³-hybridized carbons (Fsp3) is 0.471. The largest absolute Gasteiger partial charge is 0.461 e. The normalized spacial score (nSPS) is 19.4. The first-order chi connectivity index (χ1) is 24.0. The Morgan fingerprint density at radius 2 is 2.00 bits per heavy atom. The van der Waals surface area contributed by atoms with Gasteiger partial charge < -0.3 is 19.5 Å². The second kappa shape index (κ2) is 13.3. The van der Waals surface area contributed by atoms with Crippen LogP contribution in [0.1, 0.15) is 51.2 Å². The molecule has 0 spiro atoms. The maximum absolute atomic E-state index is 17.0. The fourth-order valence-electron chi connectivity index (χ4n) is 6.91. The number of nitriles is 1. The van der Waals surface area contributed by atoms with Gasteiger partial charge in [0.15, 0.2) is 5.82 Å². The van der Waals surface area contributed by atoms with Gasteiger partial charge >= 0.3 is 18.3 Å². The van der Waals surface area contributed by atoms with E-state index < -0.39 is 75.6 Å². The predicted octanol–water partition coefficient (Wildman–Crippen LogP) is 7.41. The Hall–Kier alpha value is -4.40. The van der Waals surface area contributed by atoms with Crippen LogP contribution in [0.4, 0.5) is 42.0 Å². The summed E-state index contributed by atoms with van der Waals surface area (Å²) >= 11 is 0.581. The summed E-state index contributed by atoms with van der Waals surface area (Å²) in [4.78, 5) is 24.4. The molecule has 272 valence electrons. The van der Waals surface area contributed by atoms with Crippen molar-refractivity contribution in [1.82, 2.24) is 14.9 Å². The van der Waals surface area contributed by atoms with Crippen LogP contribution in [-0.4, -0.2) is 83.3 Å². The number of anilines is 2. The minimum Gasteiger partial charge on any atom is -0.461 e. The number of rotatable bonds is 8. The Labute approximate surface area is 292 Å². The highest BCUT2D eigenvalue weighted by atomic mass is 32.1. The summed E-state index contributed by atoms with van der Waals surface area (Å²) in [5.74, 6) is -2.55. The number of aliphatic hydroxyl groups excluding tert-OH is 1. The third-order valence-electron chi connectivity index (χ3n) is 9.01. The average molecular weight is 737 g/mol. The molecule has 2 aliphatic rings. The van der Waals surface area contributed by atoms with Crippen LogP contribution in [0.3, 0.4) is 0 Å². The van der Waals surface area contributed by atoms with Gasteiger partial charge in [-0.1, -0.05) is 6.07 Å². The van der Waals surface area contributed by atoms with Crippen LogP contribution >= 0.6 is 11.3 Å². The molecule has 17 heteroatoms. The molecule has 2 aromatic carbocycles. The highest BCUT2D eigenvalue weighted by Gasteiger charge is 2.49. The van der Waals surface area contributed by atoms with Crippen molar-refractivity contribution in [1.29, 1.82) is 5.26 Å². The lowest BCUT2D eigenvalue weighted by atomic mass is 9.92. The Kier molecular flexibility index (Phi) is 9.49. The number of fused-ring (bicyclic) bond motifs is 3. The second-order valence-corrected chi connectivity index (χ2v) is 14.7. The van der Waals surface area contributed by atoms with Gasteiger partial charge in [-0.05, 0) is 57.9 Å². The SMILES string of the molecule is CN(CCO)c1nc(OC[C@@]23CCCN2C[C@H](F)C3)nc2c(F)c(-c3ccc(F)c4sc(NC(=O)OC(C)(C)C)c(C#N)c34)c(C(F)(F)F)cc12. The minimum absolute atomic E-state index is 0.0519. The monoisotopic (exact) mass is 736 g/mol. The number of likely N-dealkylation sites (N-methyl/N-ethyl adjacent to an activating group) is 1. The predicted molar refractivity (Wildman–Crippen MR) is 179 cm³/mol. The lowest BCUT2D eigenvalue weighted by Gasteiger charge is -2.31. The van der Waals surface area contributed by atoms with E-state index in [1.54, 1.807) is 20.8 Å². The van der Waals surface area contributed by atoms with Crippen molar-refractivity contribution in [3.63, 3.8) is 0 Å². The van der Waals surface area contributed by atoms with Gasteiger partial charge in [-0.15, -0.1) is 11.3 Å². The van der Waals surface area contributed by atoms with Crippen molar-refractivity contribution in [2.75, 3.05) is 50.1 Å². The van der Waals surface area contributed by atoms with E-state index in [-0.39, 0.29) is 58.4 Å². The third kappa shape index (κ3) is 6.84. The molecule has 0 radical (unpaired) electrons. The molecule has 2 aliphatic heterocycles. The van der Waals surface area contributed by atoms with Crippen molar-refractivity contribution >= 4 is 49.2 Å². The number of aliphatic hydroxyl groups is 1. The molecule has 2 atom stereocenters. The van der Waals surface area contributed by atoms with Crippen LogP contribution in [0.15, 0.2) is 18.2 Å².